The number of rotatable bonds is 7. The molecule has 21 heavy (non-hydrogen) atoms. The maximum Gasteiger partial charge on any atom is 0.342 e. The molecule has 0 aromatic carbocycles. The summed E-state index contributed by atoms with van der Waals surface area (Å²) in [6.07, 6.45) is 0.638. The Hall–Kier alpha value is -1.09. The predicted molar refractivity (Wildman–Crippen MR) is 80.5 cm³/mol. The number of halogens is 1. The monoisotopic (exact) mass is 340 g/mol. The Kier molecular flexibility index (Phi) is 7.94. The van der Waals surface area contributed by atoms with E-state index in [0.717, 1.165) is 0 Å². The maximum absolute atomic E-state index is 12.3. The minimum absolute atomic E-state index is 0. The number of furan rings is 1. The summed E-state index contributed by atoms with van der Waals surface area (Å²) in [5.74, 6) is -0.330. The lowest BCUT2D eigenvalue weighted by molar-refractivity contribution is 0.0595. The second kappa shape index (κ2) is 8.38. The van der Waals surface area contributed by atoms with E-state index >= 15 is 0 Å². The summed E-state index contributed by atoms with van der Waals surface area (Å²) in [7, 11) is -0.828. The Morgan fingerprint density at radius 1 is 1.24 bits per heavy atom. The molecule has 9 heteroatoms. The zero-order chi connectivity index (χ0) is 15.3. The van der Waals surface area contributed by atoms with Crippen LogP contribution in [-0.2, 0) is 14.8 Å². The molecule has 0 saturated carbocycles. The summed E-state index contributed by atoms with van der Waals surface area (Å²) < 4.78 is 36.8. The number of hydrogen-bond acceptors (Lipinski definition) is 6. The number of methoxy groups -OCH3 is 1. The molecule has 0 unspecified atom stereocenters. The summed E-state index contributed by atoms with van der Waals surface area (Å²) in [5.41, 5.74) is -0.0499. The van der Waals surface area contributed by atoms with Crippen molar-refractivity contribution >= 4 is 28.4 Å². The number of aryl methyl sites for hydroxylation is 2. The van der Waals surface area contributed by atoms with Crippen molar-refractivity contribution in [3.05, 3.63) is 17.1 Å². The van der Waals surface area contributed by atoms with Gasteiger partial charge >= 0.3 is 5.97 Å². The van der Waals surface area contributed by atoms with E-state index < -0.39 is 16.0 Å². The van der Waals surface area contributed by atoms with Gasteiger partial charge in [0.05, 0.1) is 7.11 Å². The van der Waals surface area contributed by atoms with Crippen molar-refractivity contribution in [1.82, 2.24) is 10.0 Å². The molecule has 0 aliphatic heterocycles. The third-order valence-electron chi connectivity index (χ3n) is 2.76. The van der Waals surface area contributed by atoms with Gasteiger partial charge in [-0.3, -0.25) is 0 Å². The zero-order valence-electron chi connectivity index (χ0n) is 12.5. The van der Waals surface area contributed by atoms with E-state index in [1.54, 1.807) is 7.05 Å². The quantitative estimate of drug-likeness (QED) is 0.567. The van der Waals surface area contributed by atoms with Crippen LogP contribution in [0.25, 0.3) is 0 Å². The average molecular weight is 341 g/mol. The minimum Gasteiger partial charge on any atom is -0.465 e. The molecular weight excluding hydrogens is 320 g/mol. The highest BCUT2D eigenvalue weighted by atomic mass is 35.5. The fourth-order valence-corrected chi connectivity index (χ4v) is 3.34. The van der Waals surface area contributed by atoms with Crippen LogP contribution in [0.4, 0.5) is 0 Å². The molecule has 122 valence electrons. The van der Waals surface area contributed by atoms with Gasteiger partial charge in [0, 0.05) is 6.54 Å². The predicted octanol–water partition coefficient (Wildman–Crippen LogP) is 0.993. The van der Waals surface area contributed by atoms with Crippen molar-refractivity contribution in [2.75, 3.05) is 27.2 Å². The van der Waals surface area contributed by atoms with Crippen molar-refractivity contribution in [3.8, 4) is 0 Å². The molecule has 1 heterocycles. The second-order valence-corrected chi connectivity index (χ2v) is 5.97. The van der Waals surface area contributed by atoms with E-state index in [1.807, 2.05) is 0 Å². The van der Waals surface area contributed by atoms with Gasteiger partial charge in [0.25, 0.3) is 0 Å². The van der Waals surface area contributed by atoms with E-state index in [1.165, 1.54) is 21.0 Å². The van der Waals surface area contributed by atoms with Crippen molar-refractivity contribution in [1.29, 1.82) is 0 Å². The Morgan fingerprint density at radius 3 is 2.38 bits per heavy atom. The van der Waals surface area contributed by atoms with Crippen LogP contribution in [-0.4, -0.2) is 41.6 Å². The lowest BCUT2D eigenvalue weighted by Gasteiger charge is -2.07. The lowest BCUT2D eigenvalue weighted by atomic mass is 10.2. The number of sulfonamides is 1. The highest BCUT2D eigenvalue weighted by Crippen LogP contribution is 2.27. The molecular formula is C12H21ClN2O5S. The number of hydrogen-bond donors (Lipinski definition) is 2. The van der Waals surface area contributed by atoms with Crippen LogP contribution in [0.5, 0.6) is 0 Å². The third kappa shape index (κ3) is 4.70. The first-order valence-corrected chi connectivity index (χ1v) is 7.66. The fraction of sp³-hybridized carbons (Fsp3) is 0.583. The largest absolute Gasteiger partial charge is 0.465 e. The van der Waals surface area contributed by atoms with Gasteiger partial charge in [-0.1, -0.05) is 0 Å². The standard InChI is InChI=1S/C12H20N2O5S.ClH/c1-8-10(12(15)18-4)11(9(2)19-8)20(16,17)14-7-5-6-13-3;/h13-14H,5-7H2,1-4H3;1H. The molecule has 1 rings (SSSR count). The van der Waals surface area contributed by atoms with Gasteiger partial charge in [0.2, 0.25) is 10.0 Å². The Labute approximate surface area is 130 Å². The first kappa shape index (κ1) is 19.9. The average Bonchev–Trinajstić information content (AvgIpc) is 2.69. The van der Waals surface area contributed by atoms with Gasteiger partial charge in [-0.2, -0.15) is 0 Å². The minimum atomic E-state index is -3.81. The van der Waals surface area contributed by atoms with Crippen LogP contribution >= 0.6 is 12.4 Å². The van der Waals surface area contributed by atoms with E-state index in [-0.39, 0.29) is 40.9 Å². The van der Waals surface area contributed by atoms with Gasteiger partial charge < -0.3 is 14.5 Å². The van der Waals surface area contributed by atoms with E-state index in [4.69, 9.17) is 4.42 Å². The van der Waals surface area contributed by atoms with Gasteiger partial charge in [0.15, 0.2) is 0 Å². The van der Waals surface area contributed by atoms with Gasteiger partial charge in [-0.15, -0.1) is 12.4 Å². The molecule has 0 bridgehead atoms. The molecule has 0 fully saturated rings. The van der Waals surface area contributed by atoms with Gasteiger partial charge in [-0.25, -0.2) is 17.9 Å². The highest BCUT2D eigenvalue weighted by molar-refractivity contribution is 7.89. The Bertz CT molecular complexity index is 583. The highest BCUT2D eigenvalue weighted by Gasteiger charge is 2.31. The molecule has 0 aliphatic rings. The molecule has 0 radical (unpaired) electrons. The molecule has 1 aromatic heterocycles. The van der Waals surface area contributed by atoms with E-state index in [9.17, 15) is 13.2 Å². The molecule has 2 N–H and O–H groups in total. The van der Waals surface area contributed by atoms with Crippen molar-refractivity contribution in [2.24, 2.45) is 0 Å². The fourth-order valence-electron chi connectivity index (χ4n) is 1.87. The smallest absolute Gasteiger partial charge is 0.342 e. The van der Waals surface area contributed by atoms with Crippen LogP contribution in [0, 0.1) is 13.8 Å². The van der Waals surface area contributed by atoms with Crippen molar-refractivity contribution < 1.29 is 22.4 Å². The number of esters is 1. The van der Waals surface area contributed by atoms with Crippen LogP contribution < -0.4 is 10.0 Å². The molecule has 0 amide bonds. The Balaban J connectivity index is 0.00000400. The molecule has 0 spiro atoms. The summed E-state index contributed by atoms with van der Waals surface area (Å²) >= 11 is 0. The van der Waals surface area contributed by atoms with Crippen LogP contribution in [0.1, 0.15) is 28.3 Å². The number of carbonyl (C=O) groups excluding carboxylic acids is 1. The molecule has 0 saturated heterocycles. The SMILES string of the molecule is CNCCCNS(=O)(=O)c1c(C)oc(C)c1C(=O)OC.Cl. The van der Waals surface area contributed by atoms with Gasteiger partial charge in [-0.05, 0) is 33.9 Å². The zero-order valence-corrected chi connectivity index (χ0v) is 14.1. The molecule has 1 aromatic rings. The van der Waals surface area contributed by atoms with E-state index in [0.29, 0.717) is 13.0 Å². The van der Waals surface area contributed by atoms with Crippen LogP contribution in [0.3, 0.4) is 0 Å². The van der Waals surface area contributed by atoms with Crippen molar-refractivity contribution in [2.45, 2.75) is 25.2 Å². The molecule has 7 nitrogen and oxygen atoms in total. The third-order valence-corrected chi connectivity index (χ3v) is 4.37. The van der Waals surface area contributed by atoms with E-state index in [2.05, 4.69) is 14.8 Å². The Morgan fingerprint density at radius 2 is 1.86 bits per heavy atom. The summed E-state index contributed by atoms with van der Waals surface area (Å²) in [6, 6.07) is 0. The number of ether oxygens (including phenoxy) is 1. The van der Waals surface area contributed by atoms with Crippen molar-refractivity contribution in [3.63, 3.8) is 0 Å². The topological polar surface area (TPSA) is 97.6 Å². The van der Waals surface area contributed by atoms with Crippen LogP contribution in [0.15, 0.2) is 9.31 Å². The number of carbonyl (C=O) groups is 1. The van der Waals surface area contributed by atoms with Crippen LogP contribution in [0.2, 0.25) is 0 Å². The second-order valence-electron chi connectivity index (χ2n) is 4.27. The lowest BCUT2D eigenvalue weighted by Crippen LogP contribution is -2.28. The summed E-state index contributed by atoms with van der Waals surface area (Å²) in [5, 5.41) is 2.92. The van der Waals surface area contributed by atoms with Gasteiger partial charge in [0.1, 0.15) is 22.0 Å². The summed E-state index contributed by atoms with van der Waals surface area (Å²) in [4.78, 5) is 11.6. The first-order valence-electron chi connectivity index (χ1n) is 6.17. The molecule has 0 aliphatic carbocycles. The number of nitrogens with one attached hydrogen (secondary N) is 2. The maximum atomic E-state index is 12.3. The summed E-state index contributed by atoms with van der Waals surface area (Å²) in [6.45, 7) is 3.99. The molecule has 0 atom stereocenters. The first-order chi connectivity index (χ1) is 9.35. The normalized spacial score (nSPS) is 11.0.